The number of nitrogens with zero attached hydrogens (tertiary/aromatic N) is 1. The first-order chi connectivity index (χ1) is 9.82. The number of methoxy groups -OCH3 is 2. The van der Waals surface area contributed by atoms with Gasteiger partial charge in [0.2, 0.25) is 10.0 Å². The number of hydrogen-bond acceptors (Lipinski definition) is 5. The lowest BCUT2D eigenvalue weighted by molar-refractivity contribution is -0.00461. The van der Waals surface area contributed by atoms with Crippen LogP contribution in [0.3, 0.4) is 0 Å². The van der Waals surface area contributed by atoms with Crippen LogP contribution in [-0.4, -0.2) is 52.2 Å². The standard InChI is InChI=1S/C14H22N2O4S/c1-9-5-6-11(15)14(10(9)2)21(17,18)16-7-12(19-3)13(8-16)20-4/h5-6,12-13H,7-8,15H2,1-4H3. The molecule has 1 aliphatic heterocycles. The van der Waals surface area contributed by atoms with Crippen LogP contribution in [0.2, 0.25) is 0 Å². The Morgan fingerprint density at radius 3 is 2.14 bits per heavy atom. The first kappa shape index (κ1) is 16.2. The number of sulfonamides is 1. The van der Waals surface area contributed by atoms with Crippen LogP contribution in [0, 0.1) is 13.8 Å². The van der Waals surface area contributed by atoms with E-state index in [0.717, 1.165) is 5.56 Å². The van der Waals surface area contributed by atoms with Crippen molar-refractivity contribution in [2.45, 2.75) is 31.0 Å². The van der Waals surface area contributed by atoms with E-state index in [1.807, 2.05) is 13.0 Å². The molecular formula is C14H22N2O4S. The van der Waals surface area contributed by atoms with Gasteiger partial charge in [0.25, 0.3) is 0 Å². The second kappa shape index (κ2) is 5.92. The normalized spacial score (nSPS) is 23.6. The number of ether oxygens (including phenoxy) is 2. The quantitative estimate of drug-likeness (QED) is 0.836. The van der Waals surface area contributed by atoms with Gasteiger partial charge in [-0.25, -0.2) is 8.42 Å². The van der Waals surface area contributed by atoms with Crippen LogP contribution in [-0.2, 0) is 19.5 Å². The summed E-state index contributed by atoms with van der Waals surface area (Å²) in [6.45, 7) is 4.18. The van der Waals surface area contributed by atoms with E-state index < -0.39 is 10.0 Å². The number of nitrogens with two attached hydrogens (primary N) is 1. The molecular weight excluding hydrogens is 292 g/mol. The highest BCUT2D eigenvalue weighted by atomic mass is 32.2. The Morgan fingerprint density at radius 2 is 1.67 bits per heavy atom. The third kappa shape index (κ3) is 2.78. The summed E-state index contributed by atoms with van der Waals surface area (Å²) in [6, 6.07) is 3.45. The van der Waals surface area contributed by atoms with E-state index in [1.54, 1.807) is 27.2 Å². The highest BCUT2D eigenvalue weighted by molar-refractivity contribution is 7.89. The molecule has 2 rings (SSSR count). The molecule has 21 heavy (non-hydrogen) atoms. The molecule has 0 bridgehead atoms. The molecule has 0 saturated carbocycles. The van der Waals surface area contributed by atoms with Gasteiger partial charge in [-0.15, -0.1) is 0 Å². The minimum absolute atomic E-state index is 0.189. The fraction of sp³-hybridized carbons (Fsp3) is 0.571. The van der Waals surface area contributed by atoms with Crippen molar-refractivity contribution in [3.8, 4) is 0 Å². The summed E-state index contributed by atoms with van der Waals surface area (Å²) in [5.74, 6) is 0. The molecule has 0 radical (unpaired) electrons. The first-order valence-corrected chi connectivity index (χ1v) is 8.18. The number of benzene rings is 1. The molecule has 0 spiro atoms. The minimum Gasteiger partial charge on any atom is -0.398 e. The fourth-order valence-electron chi connectivity index (χ4n) is 2.64. The van der Waals surface area contributed by atoms with Gasteiger partial charge in [-0.3, -0.25) is 0 Å². The number of rotatable bonds is 4. The maximum atomic E-state index is 12.9. The molecule has 1 aromatic rings. The molecule has 1 saturated heterocycles. The number of nitrogen functional groups attached to an aromatic ring is 1. The van der Waals surface area contributed by atoms with Crippen molar-refractivity contribution in [1.82, 2.24) is 4.31 Å². The topological polar surface area (TPSA) is 81.9 Å². The summed E-state index contributed by atoms with van der Waals surface area (Å²) >= 11 is 0. The van der Waals surface area contributed by atoms with Crippen LogP contribution in [0.4, 0.5) is 5.69 Å². The molecule has 6 nitrogen and oxygen atoms in total. The van der Waals surface area contributed by atoms with Gasteiger partial charge in [0.05, 0.1) is 17.9 Å². The zero-order valence-electron chi connectivity index (χ0n) is 12.8. The Morgan fingerprint density at radius 1 is 1.14 bits per heavy atom. The third-order valence-electron chi connectivity index (χ3n) is 4.09. The van der Waals surface area contributed by atoms with Crippen molar-refractivity contribution < 1.29 is 17.9 Å². The lowest BCUT2D eigenvalue weighted by Gasteiger charge is -2.20. The Labute approximate surface area is 125 Å². The molecule has 1 fully saturated rings. The molecule has 2 unspecified atom stereocenters. The van der Waals surface area contributed by atoms with E-state index in [-0.39, 0.29) is 35.9 Å². The lowest BCUT2D eigenvalue weighted by atomic mass is 10.1. The van der Waals surface area contributed by atoms with Crippen molar-refractivity contribution in [2.75, 3.05) is 33.0 Å². The Bertz CT molecular complexity index is 618. The van der Waals surface area contributed by atoms with E-state index in [0.29, 0.717) is 5.56 Å². The van der Waals surface area contributed by atoms with Crippen molar-refractivity contribution in [3.63, 3.8) is 0 Å². The largest absolute Gasteiger partial charge is 0.398 e. The molecule has 2 atom stereocenters. The Hall–Kier alpha value is -1.15. The molecule has 1 aliphatic rings. The minimum atomic E-state index is -3.66. The zero-order valence-corrected chi connectivity index (χ0v) is 13.6. The van der Waals surface area contributed by atoms with E-state index >= 15 is 0 Å². The van der Waals surface area contributed by atoms with Crippen LogP contribution in [0.1, 0.15) is 11.1 Å². The van der Waals surface area contributed by atoms with Crippen LogP contribution >= 0.6 is 0 Å². The molecule has 0 amide bonds. The van der Waals surface area contributed by atoms with Gasteiger partial charge in [0.15, 0.2) is 0 Å². The second-order valence-electron chi connectivity index (χ2n) is 5.30. The number of anilines is 1. The average molecular weight is 314 g/mol. The summed E-state index contributed by atoms with van der Waals surface area (Å²) in [6.07, 6.45) is -0.535. The third-order valence-corrected chi connectivity index (χ3v) is 6.13. The predicted octanol–water partition coefficient (Wildman–Crippen LogP) is 0.920. The molecule has 7 heteroatoms. The van der Waals surface area contributed by atoms with E-state index in [2.05, 4.69) is 0 Å². The summed E-state index contributed by atoms with van der Waals surface area (Å²) in [4.78, 5) is 0.189. The number of aryl methyl sites for hydroxylation is 1. The monoisotopic (exact) mass is 314 g/mol. The van der Waals surface area contributed by atoms with Crippen molar-refractivity contribution in [2.24, 2.45) is 0 Å². The lowest BCUT2D eigenvalue weighted by Crippen LogP contribution is -2.31. The van der Waals surface area contributed by atoms with E-state index in [4.69, 9.17) is 15.2 Å². The summed E-state index contributed by atoms with van der Waals surface area (Å²) in [5.41, 5.74) is 7.76. The maximum absolute atomic E-state index is 12.9. The van der Waals surface area contributed by atoms with Gasteiger partial charge < -0.3 is 15.2 Å². The highest BCUT2D eigenvalue weighted by Gasteiger charge is 2.41. The van der Waals surface area contributed by atoms with E-state index in [1.165, 1.54) is 4.31 Å². The zero-order chi connectivity index (χ0) is 15.8. The molecule has 0 aromatic heterocycles. The van der Waals surface area contributed by atoms with Gasteiger partial charge >= 0.3 is 0 Å². The highest BCUT2D eigenvalue weighted by Crippen LogP contribution is 2.31. The van der Waals surface area contributed by atoms with Gasteiger partial charge in [-0.1, -0.05) is 6.07 Å². The van der Waals surface area contributed by atoms with Crippen LogP contribution in [0.5, 0.6) is 0 Å². The maximum Gasteiger partial charge on any atom is 0.245 e. The first-order valence-electron chi connectivity index (χ1n) is 6.74. The molecule has 1 heterocycles. The fourth-order valence-corrected chi connectivity index (χ4v) is 4.50. The molecule has 2 N–H and O–H groups in total. The van der Waals surface area contributed by atoms with Gasteiger partial charge in [-0.2, -0.15) is 4.31 Å². The Kier molecular flexibility index (Phi) is 4.57. The number of hydrogen-bond donors (Lipinski definition) is 1. The average Bonchev–Trinajstić information content (AvgIpc) is 2.87. The smallest absolute Gasteiger partial charge is 0.245 e. The van der Waals surface area contributed by atoms with Gasteiger partial charge in [-0.05, 0) is 31.0 Å². The van der Waals surface area contributed by atoms with E-state index in [9.17, 15) is 8.42 Å². The van der Waals surface area contributed by atoms with Gasteiger partial charge in [0, 0.05) is 27.3 Å². The summed E-state index contributed by atoms with van der Waals surface area (Å²) in [5, 5.41) is 0. The molecule has 118 valence electrons. The van der Waals surface area contributed by atoms with Crippen LogP contribution < -0.4 is 5.73 Å². The van der Waals surface area contributed by atoms with Crippen LogP contribution in [0.25, 0.3) is 0 Å². The van der Waals surface area contributed by atoms with Crippen LogP contribution in [0.15, 0.2) is 17.0 Å². The summed E-state index contributed by atoms with van der Waals surface area (Å²) < 4.78 is 37.8. The molecule has 1 aromatic carbocycles. The predicted molar refractivity (Wildman–Crippen MR) is 80.7 cm³/mol. The second-order valence-corrected chi connectivity index (χ2v) is 7.17. The van der Waals surface area contributed by atoms with Gasteiger partial charge in [0.1, 0.15) is 4.90 Å². The van der Waals surface area contributed by atoms with Crippen molar-refractivity contribution in [1.29, 1.82) is 0 Å². The summed E-state index contributed by atoms with van der Waals surface area (Å²) in [7, 11) is -0.551. The molecule has 0 aliphatic carbocycles. The SMILES string of the molecule is COC1CN(S(=O)(=O)c2c(N)ccc(C)c2C)CC1OC. The van der Waals surface area contributed by atoms with Crippen molar-refractivity contribution >= 4 is 15.7 Å². The Balaban J connectivity index is 2.43. The van der Waals surface area contributed by atoms with Crippen molar-refractivity contribution in [3.05, 3.63) is 23.3 Å².